The van der Waals surface area contributed by atoms with Crippen LogP contribution in [0.15, 0.2) is 5.16 Å². The molecule has 134 valence electrons. The van der Waals surface area contributed by atoms with Crippen LogP contribution < -0.4 is 0 Å². The average molecular weight is 360 g/mol. The van der Waals surface area contributed by atoms with Gasteiger partial charge in [0.05, 0.1) is 10.9 Å². The van der Waals surface area contributed by atoms with Crippen LogP contribution in [0.5, 0.6) is 0 Å². The summed E-state index contributed by atoms with van der Waals surface area (Å²) in [7, 11) is 0. The van der Waals surface area contributed by atoms with Crippen LogP contribution in [0.1, 0.15) is 77.5 Å². The average Bonchev–Trinajstić information content (AvgIpc) is 3.25. The Morgan fingerprint density at radius 1 is 1.32 bits per heavy atom. The SMILES string of the molecule is CCn1c(S[C@@H](C)C(=O)c2[nH]c(C)c(C(C)=O)c2C)nnc1C1CC1. The van der Waals surface area contributed by atoms with Crippen LogP contribution in [0.3, 0.4) is 0 Å². The van der Waals surface area contributed by atoms with Gasteiger partial charge in [-0.25, -0.2) is 0 Å². The molecule has 25 heavy (non-hydrogen) atoms. The van der Waals surface area contributed by atoms with Crippen molar-refractivity contribution in [1.29, 1.82) is 0 Å². The standard InChI is InChI=1S/C18H24N4O2S/c1-6-22-17(13-7-8-13)20-21-18(22)25-12(5)16(24)15-9(2)14(11(4)23)10(3)19-15/h12-13,19H,6-8H2,1-5H3/t12-/m0/s1. The first-order valence-electron chi connectivity index (χ1n) is 8.69. The quantitative estimate of drug-likeness (QED) is 0.602. The molecule has 2 aromatic heterocycles. The van der Waals surface area contributed by atoms with E-state index in [0.29, 0.717) is 17.2 Å². The number of carbonyl (C=O) groups excluding carboxylic acids is 2. The summed E-state index contributed by atoms with van der Waals surface area (Å²) in [6.07, 6.45) is 2.35. The van der Waals surface area contributed by atoms with Gasteiger partial charge in [0, 0.05) is 23.7 Å². The molecular formula is C18H24N4O2S. The van der Waals surface area contributed by atoms with Gasteiger partial charge < -0.3 is 9.55 Å². The molecule has 7 heteroatoms. The molecule has 0 aromatic carbocycles. The van der Waals surface area contributed by atoms with E-state index in [2.05, 4.69) is 26.7 Å². The van der Waals surface area contributed by atoms with E-state index >= 15 is 0 Å². The van der Waals surface area contributed by atoms with Gasteiger partial charge in [-0.05, 0) is 53.0 Å². The minimum Gasteiger partial charge on any atom is -0.355 e. The Morgan fingerprint density at radius 3 is 2.52 bits per heavy atom. The Bertz CT molecular complexity index is 832. The number of aromatic nitrogens is 4. The first-order chi connectivity index (χ1) is 11.8. The summed E-state index contributed by atoms with van der Waals surface area (Å²) in [5, 5.41) is 9.10. The fourth-order valence-electron chi connectivity index (χ4n) is 3.27. The van der Waals surface area contributed by atoms with Crippen molar-refractivity contribution in [2.75, 3.05) is 0 Å². The number of hydrogen-bond acceptors (Lipinski definition) is 5. The van der Waals surface area contributed by atoms with Crippen molar-refractivity contribution in [3.8, 4) is 0 Å². The van der Waals surface area contributed by atoms with Gasteiger partial charge in [-0.15, -0.1) is 10.2 Å². The highest BCUT2D eigenvalue weighted by atomic mass is 32.2. The third-order valence-corrected chi connectivity index (χ3v) is 5.77. The molecule has 0 unspecified atom stereocenters. The van der Waals surface area contributed by atoms with E-state index in [0.717, 1.165) is 28.8 Å². The van der Waals surface area contributed by atoms with Crippen molar-refractivity contribution in [3.05, 3.63) is 28.3 Å². The van der Waals surface area contributed by atoms with Crippen LogP contribution in [0.25, 0.3) is 0 Å². The number of carbonyl (C=O) groups is 2. The van der Waals surface area contributed by atoms with Crippen LogP contribution >= 0.6 is 11.8 Å². The first-order valence-corrected chi connectivity index (χ1v) is 9.57. The Kier molecular flexibility index (Phi) is 4.86. The van der Waals surface area contributed by atoms with Gasteiger partial charge in [-0.3, -0.25) is 9.59 Å². The van der Waals surface area contributed by atoms with Crippen molar-refractivity contribution in [2.45, 2.75) is 70.3 Å². The Balaban J connectivity index is 1.82. The number of Topliss-reactive ketones (excluding diaryl/α,β-unsaturated/α-hetero) is 2. The normalized spacial score (nSPS) is 15.4. The first kappa shape index (κ1) is 17.9. The lowest BCUT2D eigenvalue weighted by molar-refractivity contribution is 0.0988. The molecule has 1 N–H and O–H groups in total. The minimum absolute atomic E-state index is 0.0169. The Labute approximate surface area is 151 Å². The van der Waals surface area contributed by atoms with E-state index in [4.69, 9.17) is 0 Å². The lowest BCUT2D eigenvalue weighted by Crippen LogP contribution is -2.16. The predicted octanol–water partition coefficient (Wildman–Crippen LogP) is 3.69. The number of ketones is 2. The van der Waals surface area contributed by atoms with Gasteiger partial charge >= 0.3 is 0 Å². The third-order valence-electron chi connectivity index (χ3n) is 4.69. The number of rotatable bonds is 7. The fourth-order valence-corrected chi connectivity index (χ4v) is 4.25. The van der Waals surface area contributed by atoms with E-state index < -0.39 is 0 Å². The highest BCUT2D eigenvalue weighted by molar-refractivity contribution is 8.00. The summed E-state index contributed by atoms with van der Waals surface area (Å²) in [6, 6.07) is 0. The summed E-state index contributed by atoms with van der Waals surface area (Å²) in [4.78, 5) is 27.8. The van der Waals surface area contributed by atoms with Gasteiger partial charge in [0.25, 0.3) is 0 Å². The monoisotopic (exact) mass is 360 g/mol. The maximum absolute atomic E-state index is 12.9. The molecule has 2 aromatic rings. The molecule has 0 amide bonds. The molecule has 0 spiro atoms. The summed E-state index contributed by atoms with van der Waals surface area (Å²) in [5.74, 6) is 1.52. The molecule has 1 aliphatic carbocycles. The largest absolute Gasteiger partial charge is 0.355 e. The van der Waals surface area contributed by atoms with Crippen LogP contribution in [-0.4, -0.2) is 36.6 Å². The zero-order valence-electron chi connectivity index (χ0n) is 15.3. The third kappa shape index (κ3) is 3.29. The molecule has 1 fully saturated rings. The van der Waals surface area contributed by atoms with Gasteiger partial charge in [0.2, 0.25) is 0 Å². The topological polar surface area (TPSA) is 80.6 Å². The number of nitrogens with zero attached hydrogens (tertiary/aromatic N) is 3. The molecular weight excluding hydrogens is 336 g/mol. The van der Waals surface area contributed by atoms with Crippen LogP contribution in [0, 0.1) is 13.8 Å². The van der Waals surface area contributed by atoms with Crippen molar-refractivity contribution in [3.63, 3.8) is 0 Å². The maximum atomic E-state index is 12.9. The number of nitrogens with one attached hydrogen (secondary N) is 1. The molecule has 1 aliphatic rings. The molecule has 1 saturated carbocycles. The summed E-state index contributed by atoms with van der Waals surface area (Å²) in [5.41, 5.74) is 2.62. The molecule has 3 rings (SSSR count). The van der Waals surface area contributed by atoms with E-state index in [1.54, 1.807) is 0 Å². The van der Waals surface area contributed by atoms with Crippen LogP contribution in [0.2, 0.25) is 0 Å². The zero-order valence-corrected chi connectivity index (χ0v) is 16.2. The molecule has 1 atom stereocenters. The fraction of sp³-hybridized carbons (Fsp3) is 0.556. The molecule has 0 bridgehead atoms. The summed E-state index contributed by atoms with van der Waals surface area (Å²) < 4.78 is 2.11. The number of aromatic amines is 1. The van der Waals surface area contributed by atoms with Crippen molar-refractivity contribution in [2.24, 2.45) is 0 Å². The van der Waals surface area contributed by atoms with E-state index in [1.807, 2.05) is 20.8 Å². The summed E-state index contributed by atoms with van der Waals surface area (Å²) in [6.45, 7) is 9.93. The predicted molar refractivity (Wildman–Crippen MR) is 97.6 cm³/mol. The van der Waals surface area contributed by atoms with Crippen LogP contribution in [-0.2, 0) is 6.54 Å². The molecule has 6 nitrogen and oxygen atoms in total. The highest BCUT2D eigenvalue weighted by Gasteiger charge is 2.31. The number of aryl methyl sites for hydroxylation is 1. The zero-order chi connectivity index (χ0) is 18.3. The minimum atomic E-state index is -0.307. The number of H-pyrrole nitrogens is 1. The second-order valence-corrected chi connectivity index (χ2v) is 7.97. The van der Waals surface area contributed by atoms with Crippen LogP contribution in [0.4, 0.5) is 0 Å². The number of hydrogen-bond donors (Lipinski definition) is 1. The number of thioether (sulfide) groups is 1. The van der Waals surface area contributed by atoms with Gasteiger partial charge in [0.15, 0.2) is 16.7 Å². The molecule has 2 heterocycles. The second-order valence-electron chi connectivity index (χ2n) is 6.66. The van der Waals surface area contributed by atoms with E-state index in [1.165, 1.54) is 31.5 Å². The lowest BCUT2D eigenvalue weighted by Gasteiger charge is -2.11. The lowest BCUT2D eigenvalue weighted by atomic mass is 10.0. The van der Waals surface area contributed by atoms with Crippen molar-refractivity contribution < 1.29 is 9.59 Å². The second kappa shape index (κ2) is 6.78. The molecule has 0 aliphatic heterocycles. The van der Waals surface area contributed by atoms with Gasteiger partial charge in [-0.2, -0.15) is 0 Å². The van der Waals surface area contributed by atoms with Crippen molar-refractivity contribution >= 4 is 23.3 Å². The Hall–Kier alpha value is -1.89. The van der Waals surface area contributed by atoms with Crippen molar-refractivity contribution in [1.82, 2.24) is 19.7 Å². The Morgan fingerprint density at radius 2 is 2.00 bits per heavy atom. The van der Waals surface area contributed by atoms with Gasteiger partial charge in [-0.1, -0.05) is 11.8 Å². The smallest absolute Gasteiger partial charge is 0.192 e. The maximum Gasteiger partial charge on any atom is 0.192 e. The molecule has 0 saturated heterocycles. The summed E-state index contributed by atoms with van der Waals surface area (Å²) >= 11 is 1.43. The highest BCUT2D eigenvalue weighted by Crippen LogP contribution is 2.40. The van der Waals surface area contributed by atoms with E-state index in [-0.39, 0.29) is 16.8 Å². The van der Waals surface area contributed by atoms with E-state index in [9.17, 15) is 9.59 Å². The molecule has 0 radical (unpaired) electrons. The van der Waals surface area contributed by atoms with Gasteiger partial charge in [0.1, 0.15) is 5.82 Å².